The van der Waals surface area contributed by atoms with Crippen LogP contribution in [0.15, 0.2) is 18.2 Å². The normalized spacial score (nSPS) is 18.4. The molecule has 0 aromatic heterocycles. The van der Waals surface area contributed by atoms with E-state index < -0.39 is 11.6 Å². The minimum Gasteiger partial charge on any atom is -0.329 e. The van der Waals surface area contributed by atoms with Crippen molar-refractivity contribution in [2.24, 2.45) is 11.7 Å². The van der Waals surface area contributed by atoms with Gasteiger partial charge in [0, 0.05) is 19.1 Å². The van der Waals surface area contributed by atoms with Gasteiger partial charge in [-0.1, -0.05) is 25.3 Å². The van der Waals surface area contributed by atoms with Crippen molar-refractivity contribution in [3.8, 4) is 0 Å². The van der Waals surface area contributed by atoms with Crippen molar-refractivity contribution in [1.29, 1.82) is 0 Å². The van der Waals surface area contributed by atoms with Crippen LogP contribution in [0, 0.1) is 17.6 Å². The first-order chi connectivity index (χ1) is 9.61. The molecule has 2 nitrogen and oxygen atoms in total. The first-order valence-electron chi connectivity index (χ1n) is 7.47. The summed E-state index contributed by atoms with van der Waals surface area (Å²) in [5, 5.41) is 0. The van der Waals surface area contributed by atoms with Crippen LogP contribution in [0.25, 0.3) is 0 Å². The lowest BCUT2D eigenvalue weighted by atomic mass is 9.88. The highest BCUT2D eigenvalue weighted by Gasteiger charge is 2.21. The predicted molar refractivity (Wildman–Crippen MR) is 77.4 cm³/mol. The summed E-state index contributed by atoms with van der Waals surface area (Å²) >= 11 is 0. The van der Waals surface area contributed by atoms with Crippen molar-refractivity contribution < 1.29 is 8.78 Å². The average molecular weight is 282 g/mol. The highest BCUT2D eigenvalue weighted by molar-refractivity contribution is 5.21. The molecule has 1 aliphatic carbocycles. The molecule has 2 N–H and O–H groups in total. The minimum atomic E-state index is -0.806. The van der Waals surface area contributed by atoms with Crippen molar-refractivity contribution >= 4 is 0 Å². The molecular formula is C16H24F2N2. The van der Waals surface area contributed by atoms with Crippen LogP contribution in [-0.4, -0.2) is 25.0 Å². The van der Waals surface area contributed by atoms with E-state index in [1.165, 1.54) is 44.2 Å². The summed E-state index contributed by atoms with van der Waals surface area (Å²) in [6.07, 6.45) is 6.47. The van der Waals surface area contributed by atoms with Crippen LogP contribution in [0.5, 0.6) is 0 Å². The lowest BCUT2D eigenvalue weighted by molar-refractivity contribution is 0.185. The highest BCUT2D eigenvalue weighted by atomic mass is 19.2. The Labute approximate surface area is 120 Å². The molecule has 0 saturated heterocycles. The van der Waals surface area contributed by atoms with Gasteiger partial charge in [0.25, 0.3) is 0 Å². The molecule has 1 unspecified atom stereocenters. The Balaban J connectivity index is 2.03. The third-order valence-corrected chi connectivity index (χ3v) is 4.35. The topological polar surface area (TPSA) is 29.3 Å². The molecule has 0 radical (unpaired) electrons. The molecule has 2 rings (SSSR count). The maximum atomic E-state index is 13.4. The van der Waals surface area contributed by atoms with E-state index in [9.17, 15) is 8.78 Å². The Kier molecular flexibility index (Phi) is 5.49. The summed E-state index contributed by atoms with van der Waals surface area (Å²) in [4.78, 5) is 2.18. The molecule has 1 atom stereocenters. The molecular weight excluding hydrogens is 258 g/mol. The van der Waals surface area contributed by atoms with E-state index in [0.717, 1.165) is 12.1 Å². The molecule has 0 aliphatic heterocycles. The van der Waals surface area contributed by atoms with Gasteiger partial charge in [0.05, 0.1) is 0 Å². The van der Waals surface area contributed by atoms with Crippen LogP contribution >= 0.6 is 0 Å². The molecule has 112 valence electrons. The Hall–Kier alpha value is -1.00. The summed E-state index contributed by atoms with van der Waals surface area (Å²) in [6.45, 7) is 1.38. The molecule has 1 saturated carbocycles. The van der Waals surface area contributed by atoms with Crippen molar-refractivity contribution in [2.75, 3.05) is 20.1 Å². The summed E-state index contributed by atoms with van der Waals surface area (Å²) in [5.74, 6) is -0.903. The van der Waals surface area contributed by atoms with E-state index in [1.54, 1.807) is 6.07 Å². The van der Waals surface area contributed by atoms with Gasteiger partial charge in [0.1, 0.15) is 0 Å². The monoisotopic (exact) mass is 282 g/mol. The Morgan fingerprint density at radius 2 is 1.90 bits per heavy atom. The number of hydrogen-bond donors (Lipinski definition) is 1. The molecule has 0 amide bonds. The zero-order valence-electron chi connectivity index (χ0n) is 12.1. The second-order valence-corrected chi connectivity index (χ2v) is 5.87. The minimum absolute atomic E-state index is 0.0490. The van der Waals surface area contributed by atoms with Crippen LogP contribution in [0.1, 0.15) is 43.7 Å². The van der Waals surface area contributed by atoms with Crippen LogP contribution in [0.4, 0.5) is 8.78 Å². The number of nitrogens with two attached hydrogens (primary N) is 1. The molecule has 4 heteroatoms. The smallest absolute Gasteiger partial charge is 0.159 e. The van der Waals surface area contributed by atoms with Gasteiger partial charge >= 0.3 is 0 Å². The lowest BCUT2D eigenvalue weighted by Crippen LogP contribution is -2.35. The molecule has 0 heterocycles. The number of likely N-dealkylation sites (N-methyl/N-ethyl adjacent to an activating group) is 1. The zero-order valence-corrected chi connectivity index (χ0v) is 12.1. The van der Waals surface area contributed by atoms with Gasteiger partial charge in [-0.2, -0.15) is 0 Å². The molecule has 1 aromatic carbocycles. The van der Waals surface area contributed by atoms with Crippen LogP contribution < -0.4 is 5.73 Å². The summed E-state index contributed by atoms with van der Waals surface area (Å²) < 4.78 is 26.4. The Morgan fingerprint density at radius 3 is 2.50 bits per heavy atom. The van der Waals surface area contributed by atoms with E-state index in [0.29, 0.717) is 12.5 Å². The fraction of sp³-hybridized carbons (Fsp3) is 0.625. The molecule has 0 bridgehead atoms. The number of benzene rings is 1. The highest BCUT2D eigenvalue weighted by Crippen LogP contribution is 2.27. The van der Waals surface area contributed by atoms with Gasteiger partial charge < -0.3 is 5.73 Å². The van der Waals surface area contributed by atoms with E-state index in [4.69, 9.17) is 5.73 Å². The van der Waals surface area contributed by atoms with Crippen molar-refractivity contribution in [2.45, 2.75) is 38.1 Å². The predicted octanol–water partition coefficient (Wildman–Crippen LogP) is 3.48. The van der Waals surface area contributed by atoms with Gasteiger partial charge in [0.2, 0.25) is 0 Å². The molecule has 1 aliphatic rings. The average Bonchev–Trinajstić information content (AvgIpc) is 2.44. The number of hydrogen-bond acceptors (Lipinski definition) is 2. The zero-order chi connectivity index (χ0) is 14.5. The first kappa shape index (κ1) is 15.4. The summed E-state index contributed by atoms with van der Waals surface area (Å²) in [7, 11) is 2.02. The van der Waals surface area contributed by atoms with Crippen LogP contribution in [0.2, 0.25) is 0 Å². The standard InChI is InChI=1S/C16H24F2N2/c1-20(11-12-5-3-2-4-6-12)16(10-19)13-7-8-14(17)15(18)9-13/h7-9,12,16H,2-6,10-11,19H2,1H3. The van der Waals surface area contributed by atoms with Crippen molar-refractivity contribution in [3.63, 3.8) is 0 Å². The fourth-order valence-electron chi connectivity index (χ4n) is 3.19. The molecule has 20 heavy (non-hydrogen) atoms. The van der Waals surface area contributed by atoms with E-state index in [-0.39, 0.29) is 6.04 Å². The second kappa shape index (κ2) is 7.14. The Bertz CT molecular complexity index is 430. The lowest BCUT2D eigenvalue weighted by Gasteiger charge is -2.32. The van der Waals surface area contributed by atoms with Crippen LogP contribution in [-0.2, 0) is 0 Å². The molecule has 0 spiro atoms. The van der Waals surface area contributed by atoms with Crippen LogP contribution in [0.3, 0.4) is 0 Å². The van der Waals surface area contributed by atoms with Gasteiger partial charge in [-0.15, -0.1) is 0 Å². The second-order valence-electron chi connectivity index (χ2n) is 5.87. The largest absolute Gasteiger partial charge is 0.329 e. The maximum Gasteiger partial charge on any atom is 0.159 e. The SMILES string of the molecule is CN(CC1CCCCC1)C(CN)c1ccc(F)c(F)c1. The third kappa shape index (κ3) is 3.76. The van der Waals surface area contributed by atoms with Crippen molar-refractivity contribution in [1.82, 2.24) is 4.90 Å². The van der Waals surface area contributed by atoms with E-state index in [2.05, 4.69) is 4.90 Å². The third-order valence-electron chi connectivity index (χ3n) is 4.35. The molecule has 1 fully saturated rings. The fourth-order valence-corrected chi connectivity index (χ4v) is 3.19. The number of rotatable bonds is 5. The van der Waals surface area contributed by atoms with E-state index >= 15 is 0 Å². The quantitative estimate of drug-likeness (QED) is 0.896. The maximum absolute atomic E-state index is 13.4. The van der Waals surface area contributed by atoms with Gasteiger partial charge in [-0.3, -0.25) is 4.90 Å². The first-order valence-corrected chi connectivity index (χ1v) is 7.47. The summed E-state index contributed by atoms with van der Waals surface area (Å²) in [5.41, 5.74) is 6.60. The van der Waals surface area contributed by atoms with Crippen molar-refractivity contribution in [3.05, 3.63) is 35.4 Å². The summed E-state index contributed by atoms with van der Waals surface area (Å²) in [6, 6.07) is 4.03. The van der Waals surface area contributed by atoms with Gasteiger partial charge in [-0.25, -0.2) is 8.78 Å². The number of nitrogens with zero attached hydrogens (tertiary/aromatic N) is 1. The number of halogens is 2. The van der Waals surface area contributed by atoms with E-state index in [1.807, 2.05) is 7.05 Å². The van der Waals surface area contributed by atoms with Gasteiger partial charge in [0.15, 0.2) is 11.6 Å². The molecule has 1 aromatic rings. The Morgan fingerprint density at radius 1 is 1.20 bits per heavy atom. The van der Waals surface area contributed by atoms with Gasteiger partial charge in [-0.05, 0) is 43.5 Å².